The third kappa shape index (κ3) is 5.67. The van der Waals surface area contributed by atoms with Crippen LogP contribution in [0.2, 0.25) is 5.02 Å². The monoisotopic (exact) mass is 485 g/mol. The number of benzene rings is 1. The second-order valence-electron chi connectivity index (χ2n) is 8.32. The average molecular weight is 486 g/mol. The fourth-order valence-electron chi connectivity index (χ4n) is 3.85. The maximum atomic E-state index is 12.8. The van der Waals surface area contributed by atoms with Gasteiger partial charge in [-0.05, 0) is 54.3 Å². The Balaban J connectivity index is 1.37. The molecule has 0 atom stereocenters. The lowest BCUT2D eigenvalue weighted by molar-refractivity contribution is -0.130. The summed E-state index contributed by atoms with van der Waals surface area (Å²) in [5, 5.41) is 36.5. The van der Waals surface area contributed by atoms with Crippen LogP contribution in [0.1, 0.15) is 40.2 Å². The van der Waals surface area contributed by atoms with Crippen LogP contribution < -0.4 is 0 Å². The van der Waals surface area contributed by atoms with Crippen molar-refractivity contribution in [1.29, 1.82) is 0 Å². The van der Waals surface area contributed by atoms with E-state index in [1.54, 1.807) is 30.0 Å². The Morgan fingerprint density at radius 1 is 1.26 bits per heavy atom. The van der Waals surface area contributed by atoms with E-state index < -0.39 is 11.6 Å². The lowest BCUT2D eigenvalue weighted by Crippen LogP contribution is -2.48. The van der Waals surface area contributed by atoms with E-state index in [2.05, 4.69) is 20.5 Å². The van der Waals surface area contributed by atoms with Crippen molar-refractivity contribution in [1.82, 2.24) is 34.9 Å². The third-order valence-corrected chi connectivity index (χ3v) is 5.95. The number of amides is 1. The van der Waals surface area contributed by atoms with E-state index in [-0.39, 0.29) is 18.0 Å². The summed E-state index contributed by atoms with van der Waals surface area (Å²) >= 11 is 6.15. The van der Waals surface area contributed by atoms with E-state index in [1.165, 1.54) is 27.9 Å². The maximum absolute atomic E-state index is 12.8. The Labute approximate surface area is 200 Å². The number of likely N-dealkylation sites (tertiary alicyclic amines) is 1. The summed E-state index contributed by atoms with van der Waals surface area (Å²) in [5.41, 5.74) is 0.669. The summed E-state index contributed by atoms with van der Waals surface area (Å²) in [6.07, 6.45) is 6.59. The summed E-state index contributed by atoms with van der Waals surface area (Å²) in [5.74, 6) is -0.666. The van der Waals surface area contributed by atoms with Crippen LogP contribution in [0.4, 0.5) is 0 Å². The normalized spacial score (nSPS) is 15.7. The molecule has 1 aliphatic heterocycles. The van der Waals surface area contributed by atoms with E-state index >= 15 is 0 Å². The van der Waals surface area contributed by atoms with Gasteiger partial charge in [0.2, 0.25) is 5.91 Å². The van der Waals surface area contributed by atoms with E-state index in [4.69, 9.17) is 16.7 Å². The van der Waals surface area contributed by atoms with Crippen LogP contribution in [0.3, 0.4) is 0 Å². The minimum atomic E-state index is -1.07. The number of carboxylic acid groups (broad SMARTS) is 1. The molecule has 0 saturated carbocycles. The molecule has 34 heavy (non-hydrogen) atoms. The van der Waals surface area contributed by atoms with Gasteiger partial charge in [0.25, 0.3) is 0 Å². The van der Waals surface area contributed by atoms with Crippen molar-refractivity contribution in [3.63, 3.8) is 0 Å². The lowest BCUT2D eigenvalue weighted by atomic mass is 9.91. The number of nitrogens with zero attached hydrogens (tertiary/aromatic N) is 7. The van der Waals surface area contributed by atoms with Crippen molar-refractivity contribution in [3.8, 4) is 0 Å². The van der Waals surface area contributed by atoms with E-state index in [0.29, 0.717) is 43.3 Å². The van der Waals surface area contributed by atoms with E-state index in [1.807, 2.05) is 6.07 Å². The molecule has 1 aliphatic rings. The number of tetrazole rings is 1. The molecule has 0 radical (unpaired) electrons. The van der Waals surface area contributed by atoms with Crippen LogP contribution in [0, 0.1) is 6.92 Å². The molecule has 0 bridgehead atoms. The van der Waals surface area contributed by atoms with E-state index in [9.17, 15) is 14.7 Å². The van der Waals surface area contributed by atoms with Crippen LogP contribution in [-0.2, 0) is 17.9 Å². The summed E-state index contributed by atoms with van der Waals surface area (Å²) in [6.45, 7) is 3.04. The Hall–Kier alpha value is -3.57. The van der Waals surface area contributed by atoms with Crippen LogP contribution in [0.25, 0.3) is 6.08 Å². The molecule has 178 valence electrons. The highest BCUT2D eigenvalue weighted by Crippen LogP contribution is 2.25. The van der Waals surface area contributed by atoms with Gasteiger partial charge in [-0.2, -0.15) is 9.90 Å². The number of aliphatic hydroxyl groups is 1. The third-order valence-electron chi connectivity index (χ3n) is 5.72. The standard InChI is InChI=1S/C22H24ClN7O4/c1-15-25-27-30(26-15)13-17-10-19(23)4-2-16(17)3-5-20(31)28-8-6-22(34,7-9-28)14-29-12-18(11-24-29)21(32)33/h2-5,10-12,34H,6-9,13-14H2,1H3,(H,32,33)/b5-3+. The summed E-state index contributed by atoms with van der Waals surface area (Å²) in [4.78, 5) is 26.9. The molecule has 1 saturated heterocycles. The van der Waals surface area contributed by atoms with Gasteiger partial charge in [-0.1, -0.05) is 17.7 Å². The van der Waals surface area contributed by atoms with Crippen LogP contribution in [0.15, 0.2) is 36.7 Å². The first-order chi connectivity index (χ1) is 16.2. The number of hydrogen-bond donors (Lipinski definition) is 2. The number of rotatable bonds is 7. The lowest BCUT2D eigenvalue weighted by Gasteiger charge is -2.37. The fourth-order valence-corrected chi connectivity index (χ4v) is 4.04. The van der Waals surface area contributed by atoms with Crippen molar-refractivity contribution in [2.75, 3.05) is 13.1 Å². The first-order valence-corrected chi connectivity index (χ1v) is 11.1. The van der Waals surface area contributed by atoms with Crippen LogP contribution in [0.5, 0.6) is 0 Å². The molecule has 1 amide bonds. The van der Waals surface area contributed by atoms with Gasteiger partial charge in [-0.25, -0.2) is 4.79 Å². The SMILES string of the molecule is Cc1nnn(Cc2cc(Cl)ccc2/C=C/C(=O)N2CCC(O)(Cn3cc(C(=O)O)cn3)CC2)n1. The summed E-state index contributed by atoms with van der Waals surface area (Å²) in [6, 6.07) is 5.38. The van der Waals surface area contributed by atoms with Crippen molar-refractivity contribution in [2.45, 2.75) is 38.5 Å². The van der Waals surface area contributed by atoms with Gasteiger partial charge in [0.15, 0.2) is 5.82 Å². The maximum Gasteiger partial charge on any atom is 0.338 e. The number of aryl methyl sites for hydroxylation is 1. The van der Waals surface area contributed by atoms with Crippen molar-refractivity contribution >= 4 is 29.6 Å². The summed E-state index contributed by atoms with van der Waals surface area (Å²) < 4.78 is 1.42. The van der Waals surface area contributed by atoms with Gasteiger partial charge in [0.05, 0.1) is 30.5 Å². The molecule has 12 heteroatoms. The molecule has 2 aromatic heterocycles. The van der Waals surface area contributed by atoms with E-state index in [0.717, 1.165) is 11.1 Å². The van der Waals surface area contributed by atoms with Gasteiger partial charge < -0.3 is 15.1 Å². The molecular weight excluding hydrogens is 462 g/mol. The van der Waals surface area contributed by atoms with Crippen molar-refractivity contribution in [3.05, 3.63) is 64.2 Å². The predicted molar refractivity (Wildman–Crippen MR) is 122 cm³/mol. The first kappa shape index (κ1) is 23.6. The zero-order chi connectivity index (χ0) is 24.3. The topological polar surface area (TPSA) is 139 Å². The van der Waals surface area contributed by atoms with Gasteiger partial charge >= 0.3 is 5.97 Å². The summed E-state index contributed by atoms with van der Waals surface area (Å²) in [7, 11) is 0. The second-order valence-corrected chi connectivity index (χ2v) is 8.76. The van der Waals surface area contributed by atoms with Crippen molar-refractivity contribution < 1.29 is 19.8 Å². The fraction of sp³-hybridized carbons (Fsp3) is 0.364. The number of aromatic carboxylic acids is 1. The predicted octanol–water partition coefficient (Wildman–Crippen LogP) is 1.64. The molecule has 0 spiro atoms. The number of halogens is 1. The highest BCUT2D eigenvalue weighted by molar-refractivity contribution is 6.30. The second kappa shape index (κ2) is 9.74. The van der Waals surface area contributed by atoms with Crippen LogP contribution in [-0.4, -0.2) is 75.7 Å². The highest BCUT2D eigenvalue weighted by atomic mass is 35.5. The molecule has 11 nitrogen and oxygen atoms in total. The zero-order valence-corrected chi connectivity index (χ0v) is 19.3. The average Bonchev–Trinajstić information content (AvgIpc) is 3.42. The number of aromatic nitrogens is 6. The Bertz CT molecular complexity index is 1230. The zero-order valence-electron chi connectivity index (χ0n) is 18.5. The Morgan fingerprint density at radius 2 is 2.03 bits per heavy atom. The number of carboxylic acids is 1. The smallest absolute Gasteiger partial charge is 0.338 e. The van der Waals surface area contributed by atoms with Gasteiger partial charge in [0.1, 0.15) is 0 Å². The molecule has 3 aromatic rings. The van der Waals surface area contributed by atoms with Crippen LogP contribution >= 0.6 is 11.6 Å². The molecule has 4 rings (SSSR count). The molecular formula is C22H24ClN7O4. The first-order valence-electron chi connectivity index (χ1n) is 10.7. The molecule has 1 fully saturated rings. The molecule has 0 aliphatic carbocycles. The van der Waals surface area contributed by atoms with Gasteiger partial charge in [0, 0.05) is 30.4 Å². The Morgan fingerprint density at radius 3 is 2.68 bits per heavy atom. The largest absolute Gasteiger partial charge is 0.478 e. The Kier molecular flexibility index (Phi) is 6.75. The minimum absolute atomic E-state index is 0.0673. The van der Waals surface area contributed by atoms with Crippen molar-refractivity contribution in [2.24, 2.45) is 0 Å². The number of hydrogen-bond acceptors (Lipinski definition) is 7. The highest BCUT2D eigenvalue weighted by Gasteiger charge is 2.34. The number of carbonyl (C=O) groups excluding carboxylic acids is 1. The molecule has 0 unspecified atom stereocenters. The molecule has 2 N–H and O–H groups in total. The number of piperidine rings is 1. The molecule has 1 aromatic carbocycles. The minimum Gasteiger partial charge on any atom is -0.478 e. The quantitative estimate of drug-likeness (QED) is 0.481. The van der Waals surface area contributed by atoms with Gasteiger partial charge in [-0.15, -0.1) is 10.2 Å². The number of carbonyl (C=O) groups is 2. The molecule has 3 heterocycles. The van der Waals surface area contributed by atoms with Gasteiger partial charge in [-0.3, -0.25) is 9.48 Å².